The Balaban J connectivity index is 1.98. The number of rotatable bonds is 6. The van der Waals surface area contributed by atoms with Crippen molar-refractivity contribution in [1.82, 2.24) is 9.55 Å². The summed E-state index contributed by atoms with van der Waals surface area (Å²) in [5, 5.41) is 0. The SMILES string of the molecule is CCOC(=O)C(Oc1cccnc1-n1cccc1)c1cccc(C)c1. The van der Waals surface area contributed by atoms with Crippen LogP contribution in [-0.4, -0.2) is 22.1 Å². The van der Waals surface area contributed by atoms with Crippen molar-refractivity contribution in [2.75, 3.05) is 6.61 Å². The van der Waals surface area contributed by atoms with Crippen LogP contribution in [-0.2, 0) is 9.53 Å². The fourth-order valence-electron chi connectivity index (χ4n) is 2.57. The van der Waals surface area contributed by atoms with E-state index in [1.54, 1.807) is 25.3 Å². The van der Waals surface area contributed by atoms with E-state index in [0.29, 0.717) is 18.2 Å². The van der Waals surface area contributed by atoms with Crippen molar-refractivity contribution in [3.05, 3.63) is 78.2 Å². The average Bonchev–Trinajstić information content (AvgIpc) is 3.14. The summed E-state index contributed by atoms with van der Waals surface area (Å²) in [7, 11) is 0. The summed E-state index contributed by atoms with van der Waals surface area (Å²) in [6, 6.07) is 15.0. The van der Waals surface area contributed by atoms with E-state index >= 15 is 0 Å². The lowest BCUT2D eigenvalue weighted by molar-refractivity contribution is -0.151. The highest BCUT2D eigenvalue weighted by Crippen LogP contribution is 2.28. The van der Waals surface area contributed by atoms with Gasteiger partial charge in [-0.2, -0.15) is 0 Å². The van der Waals surface area contributed by atoms with E-state index in [2.05, 4.69) is 4.98 Å². The number of aromatic nitrogens is 2. The number of aryl methyl sites for hydroxylation is 1. The Hall–Kier alpha value is -3.08. The van der Waals surface area contributed by atoms with Crippen molar-refractivity contribution in [1.29, 1.82) is 0 Å². The van der Waals surface area contributed by atoms with Crippen LogP contribution in [0.1, 0.15) is 24.2 Å². The van der Waals surface area contributed by atoms with E-state index in [4.69, 9.17) is 9.47 Å². The first-order valence-electron chi connectivity index (χ1n) is 8.17. The van der Waals surface area contributed by atoms with Crippen LogP contribution in [0.2, 0.25) is 0 Å². The summed E-state index contributed by atoms with van der Waals surface area (Å²) >= 11 is 0. The molecule has 1 unspecified atom stereocenters. The lowest BCUT2D eigenvalue weighted by Gasteiger charge is -2.20. The molecule has 0 amide bonds. The molecular weight excluding hydrogens is 316 g/mol. The smallest absolute Gasteiger partial charge is 0.352 e. The molecule has 0 fully saturated rings. The summed E-state index contributed by atoms with van der Waals surface area (Å²) in [5.74, 6) is 0.711. The first-order chi connectivity index (χ1) is 12.2. The lowest BCUT2D eigenvalue weighted by atomic mass is 10.1. The van der Waals surface area contributed by atoms with Gasteiger partial charge in [0.05, 0.1) is 6.61 Å². The molecule has 0 radical (unpaired) electrons. The minimum absolute atomic E-state index is 0.294. The maximum Gasteiger partial charge on any atom is 0.352 e. The molecule has 0 saturated heterocycles. The summed E-state index contributed by atoms with van der Waals surface area (Å²) in [6.45, 7) is 4.05. The quantitative estimate of drug-likeness (QED) is 0.641. The molecule has 0 aliphatic rings. The number of hydrogen-bond donors (Lipinski definition) is 0. The zero-order valence-electron chi connectivity index (χ0n) is 14.3. The van der Waals surface area contributed by atoms with Gasteiger partial charge in [-0.25, -0.2) is 9.78 Å². The number of pyridine rings is 1. The second kappa shape index (κ2) is 7.66. The van der Waals surface area contributed by atoms with Crippen LogP contribution < -0.4 is 4.74 Å². The normalized spacial score (nSPS) is 11.8. The highest BCUT2D eigenvalue weighted by molar-refractivity contribution is 5.77. The highest BCUT2D eigenvalue weighted by Gasteiger charge is 2.25. The third-order valence-electron chi connectivity index (χ3n) is 3.69. The third-order valence-corrected chi connectivity index (χ3v) is 3.69. The first kappa shape index (κ1) is 16.8. The van der Waals surface area contributed by atoms with Gasteiger partial charge in [0, 0.05) is 24.2 Å². The van der Waals surface area contributed by atoms with E-state index in [-0.39, 0.29) is 0 Å². The van der Waals surface area contributed by atoms with Crippen LogP contribution in [0.4, 0.5) is 0 Å². The molecule has 0 N–H and O–H groups in total. The number of carbonyl (C=O) groups is 1. The summed E-state index contributed by atoms with van der Waals surface area (Å²) in [5.41, 5.74) is 1.80. The standard InChI is InChI=1S/C20H20N2O3/c1-3-24-20(23)18(16-9-6-8-15(2)14-16)25-17-10-7-11-21-19(17)22-12-4-5-13-22/h4-14,18H,3H2,1-2H3. The van der Waals surface area contributed by atoms with Gasteiger partial charge in [0.1, 0.15) is 0 Å². The topological polar surface area (TPSA) is 53.4 Å². The Bertz CT molecular complexity index is 844. The molecule has 3 aromatic rings. The van der Waals surface area contributed by atoms with Crippen molar-refractivity contribution in [2.24, 2.45) is 0 Å². The predicted molar refractivity (Wildman–Crippen MR) is 94.7 cm³/mol. The number of ether oxygens (including phenoxy) is 2. The first-order valence-corrected chi connectivity index (χ1v) is 8.17. The van der Waals surface area contributed by atoms with Crippen molar-refractivity contribution in [3.63, 3.8) is 0 Å². The van der Waals surface area contributed by atoms with Gasteiger partial charge in [-0.1, -0.05) is 29.8 Å². The zero-order chi connectivity index (χ0) is 17.6. The van der Waals surface area contributed by atoms with Gasteiger partial charge >= 0.3 is 5.97 Å². The van der Waals surface area contributed by atoms with Crippen LogP contribution in [0, 0.1) is 6.92 Å². The molecule has 2 aromatic heterocycles. The largest absolute Gasteiger partial charge is 0.470 e. The summed E-state index contributed by atoms with van der Waals surface area (Å²) < 4.78 is 13.1. The van der Waals surface area contributed by atoms with Crippen LogP contribution in [0.15, 0.2) is 67.1 Å². The molecule has 25 heavy (non-hydrogen) atoms. The van der Waals surface area contributed by atoms with Gasteiger partial charge < -0.3 is 14.0 Å². The summed E-state index contributed by atoms with van der Waals surface area (Å²) in [6.07, 6.45) is 4.59. The Morgan fingerprint density at radius 1 is 1.16 bits per heavy atom. The van der Waals surface area contributed by atoms with Crippen LogP contribution in [0.3, 0.4) is 0 Å². The number of esters is 1. The lowest BCUT2D eigenvalue weighted by Crippen LogP contribution is -2.22. The molecule has 0 bridgehead atoms. The predicted octanol–water partition coefficient (Wildman–Crippen LogP) is 3.86. The molecule has 0 aliphatic carbocycles. The maximum atomic E-state index is 12.5. The number of nitrogens with zero attached hydrogens (tertiary/aromatic N) is 2. The zero-order valence-corrected chi connectivity index (χ0v) is 14.3. The number of hydrogen-bond acceptors (Lipinski definition) is 4. The molecule has 128 valence electrons. The molecular formula is C20H20N2O3. The van der Waals surface area contributed by atoms with Gasteiger partial charge in [0.15, 0.2) is 11.6 Å². The molecule has 0 aliphatic heterocycles. The number of carbonyl (C=O) groups excluding carboxylic acids is 1. The fourth-order valence-corrected chi connectivity index (χ4v) is 2.57. The van der Waals surface area contributed by atoms with Gasteiger partial charge in [-0.05, 0) is 38.1 Å². The summed E-state index contributed by atoms with van der Waals surface area (Å²) in [4.78, 5) is 16.9. The van der Waals surface area contributed by atoms with E-state index in [9.17, 15) is 4.79 Å². The monoisotopic (exact) mass is 336 g/mol. The van der Waals surface area contributed by atoms with Gasteiger partial charge in [-0.15, -0.1) is 0 Å². The Morgan fingerprint density at radius 3 is 2.68 bits per heavy atom. The minimum Gasteiger partial charge on any atom is -0.470 e. The Kier molecular flexibility index (Phi) is 5.14. The minimum atomic E-state index is -0.849. The Labute approximate surface area is 146 Å². The van der Waals surface area contributed by atoms with E-state index in [0.717, 1.165) is 11.1 Å². The van der Waals surface area contributed by atoms with Gasteiger partial charge in [-0.3, -0.25) is 0 Å². The van der Waals surface area contributed by atoms with E-state index in [1.807, 2.05) is 60.3 Å². The molecule has 0 spiro atoms. The van der Waals surface area contributed by atoms with Crippen LogP contribution >= 0.6 is 0 Å². The second-order valence-corrected chi connectivity index (χ2v) is 5.58. The molecule has 5 nitrogen and oxygen atoms in total. The average molecular weight is 336 g/mol. The molecule has 2 heterocycles. The molecule has 3 rings (SSSR count). The van der Waals surface area contributed by atoms with Gasteiger partial charge in [0.2, 0.25) is 6.10 Å². The van der Waals surface area contributed by atoms with E-state index < -0.39 is 12.1 Å². The van der Waals surface area contributed by atoms with Gasteiger partial charge in [0.25, 0.3) is 0 Å². The number of benzene rings is 1. The van der Waals surface area contributed by atoms with Crippen molar-refractivity contribution >= 4 is 5.97 Å². The van der Waals surface area contributed by atoms with E-state index in [1.165, 1.54) is 0 Å². The van der Waals surface area contributed by atoms with Crippen LogP contribution in [0.25, 0.3) is 5.82 Å². The second-order valence-electron chi connectivity index (χ2n) is 5.58. The van der Waals surface area contributed by atoms with Crippen molar-refractivity contribution < 1.29 is 14.3 Å². The van der Waals surface area contributed by atoms with Crippen molar-refractivity contribution in [2.45, 2.75) is 20.0 Å². The molecule has 1 atom stereocenters. The van der Waals surface area contributed by atoms with Crippen LogP contribution in [0.5, 0.6) is 5.75 Å². The molecule has 1 aromatic carbocycles. The van der Waals surface area contributed by atoms with Crippen molar-refractivity contribution in [3.8, 4) is 11.6 Å². The molecule has 5 heteroatoms. The molecule has 0 saturated carbocycles. The Morgan fingerprint density at radius 2 is 1.96 bits per heavy atom. The maximum absolute atomic E-state index is 12.5. The highest BCUT2D eigenvalue weighted by atomic mass is 16.6. The third kappa shape index (κ3) is 3.88. The fraction of sp³-hybridized carbons (Fsp3) is 0.200.